The molecule has 1 unspecified atom stereocenters. The predicted octanol–water partition coefficient (Wildman–Crippen LogP) is 12.2. The largest absolute Gasteiger partial charge is 0.497 e. The first-order valence-electron chi connectivity index (χ1n) is 25.8. The molecule has 1 amide bonds. The highest BCUT2D eigenvalue weighted by molar-refractivity contribution is 7.44. The molecule has 1 aliphatic heterocycles. The van der Waals surface area contributed by atoms with Gasteiger partial charge in [-0.2, -0.15) is 5.26 Å². The first-order valence-corrected chi connectivity index (χ1v) is 29.1. The Morgan fingerprint density at radius 2 is 1.33 bits per heavy atom. The van der Waals surface area contributed by atoms with Crippen molar-refractivity contribution < 1.29 is 42.0 Å². The van der Waals surface area contributed by atoms with Gasteiger partial charge in [-0.15, -0.1) is 0 Å². The molecule has 18 heteroatoms. The van der Waals surface area contributed by atoms with Gasteiger partial charge < -0.3 is 42.5 Å². The molecule has 6 aromatic rings. The molecule has 3 heterocycles. The summed E-state index contributed by atoms with van der Waals surface area (Å²) < 4.78 is 58.6. The monoisotopic (exact) mass is 1060 g/mol. The number of amides is 1. The van der Waals surface area contributed by atoms with Gasteiger partial charge in [-0.25, -0.2) is 19.6 Å². The van der Waals surface area contributed by atoms with Gasteiger partial charge in [0.2, 0.25) is 8.32 Å². The molecule has 1 N–H and O–H groups in total. The van der Waals surface area contributed by atoms with Crippen LogP contribution in [-0.2, 0) is 33.3 Å². The van der Waals surface area contributed by atoms with E-state index in [4.69, 9.17) is 47.1 Å². The summed E-state index contributed by atoms with van der Waals surface area (Å²) in [5.41, 5.74) is 3.33. The number of carbonyl (C=O) groups excluding carboxylic acids is 1. The molecule has 0 bridgehead atoms. The summed E-state index contributed by atoms with van der Waals surface area (Å²) in [5.74, 6) is 1.26. The zero-order valence-electron chi connectivity index (χ0n) is 45.4. The lowest BCUT2D eigenvalue weighted by molar-refractivity contribution is -0.113. The van der Waals surface area contributed by atoms with Crippen LogP contribution >= 0.6 is 8.53 Å². The van der Waals surface area contributed by atoms with Gasteiger partial charge in [-0.3, -0.25) is 9.36 Å². The zero-order chi connectivity index (χ0) is 53.9. The van der Waals surface area contributed by atoms with E-state index in [1.54, 1.807) is 49.4 Å². The quantitative estimate of drug-likeness (QED) is 0.0179. The van der Waals surface area contributed by atoms with Crippen molar-refractivity contribution in [3.8, 4) is 17.6 Å². The fraction of sp³-hybridized carbons (Fsp3) is 0.456. The third-order valence-electron chi connectivity index (χ3n) is 14.0. The molecule has 1 aliphatic rings. The molecule has 7 rings (SSSR count). The standard InChI is InChI=1S/C57H74N7O9PSi/c1-38(2)64(39(3)4)74(70-33-19-32-58)73-51-49(34-69-57(44-22-17-14-18-23-44,45-24-28-47(66-11)29-25-45)46-26-30-48(67-12)31-27-46)72-56(52(51)68-37-71-75(40(5)6,41(7)8)42(9)10)63-36-61-50-53(59-35-60-54(50)63)62-55(65)43-20-15-13-16-21-43/h13-18,20-31,35-36,38-42,49,51-52,56H,19,33-34,37H2,1-12H3,(H,59,60,62,65)/t49-,51-,52-,56-,74?/m1/s1. The van der Waals surface area contributed by atoms with Crippen molar-refractivity contribution in [1.82, 2.24) is 24.2 Å². The van der Waals surface area contributed by atoms with Crippen molar-refractivity contribution in [1.29, 1.82) is 5.26 Å². The van der Waals surface area contributed by atoms with Crippen LogP contribution in [0.25, 0.3) is 11.2 Å². The van der Waals surface area contributed by atoms with Gasteiger partial charge in [0.1, 0.15) is 48.5 Å². The maximum Gasteiger partial charge on any atom is 0.259 e. The first-order chi connectivity index (χ1) is 36.1. The van der Waals surface area contributed by atoms with Gasteiger partial charge in [-0.1, -0.05) is 114 Å². The van der Waals surface area contributed by atoms with Gasteiger partial charge >= 0.3 is 0 Å². The average molecular weight is 1060 g/mol. The highest BCUT2D eigenvalue weighted by Gasteiger charge is 2.53. The number of imidazole rings is 1. The fourth-order valence-electron chi connectivity index (χ4n) is 10.7. The number of benzene rings is 4. The fourth-order valence-corrected chi connectivity index (χ4v) is 17.7. The summed E-state index contributed by atoms with van der Waals surface area (Å²) >= 11 is 0. The van der Waals surface area contributed by atoms with E-state index < -0.39 is 47.0 Å². The van der Waals surface area contributed by atoms with Crippen molar-refractivity contribution >= 4 is 39.7 Å². The number of carbonyl (C=O) groups is 1. The first kappa shape index (κ1) is 57.1. The summed E-state index contributed by atoms with van der Waals surface area (Å²) in [6, 6.07) is 36.9. The number of nitrogens with one attached hydrogen (secondary N) is 1. The molecule has 5 atom stereocenters. The summed E-state index contributed by atoms with van der Waals surface area (Å²) in [4.78, 5) is 27.6. The number of anilines is 1. The molecular formula is C57H74N7O9PSi. The normalized spacial score (nSPS) is 17.7. The van der Waals surface area contributed by atoms with Crippen LogP contribution in [-0.4, -0.2) is 103 Å². The molecule has 1 fully saturated rings. The van der Waals surface area contributed by atoms with E-state index in [0.29, 0.717) is 28.2 Å². The van der Waals surface area contributed by atoms with E-state index in [1.165, 1.54) is 6.33 Å². The second-order valence-electron chi connectivity index (χ2n) is 20.1. The minimum Gasteiger partial charge on any atom is -0.497 e. The van der Waals surface area contributed by atoms with Crippen LogP contribution in [0.3, 0.4) is 0 Å². The number of nitrogens with zero attached hydrogens (tertiary/aromatic N) is 6. The smallest absolute Gasteiger partial charge is 0.259 e. The lowest BCUT2D eigenvalue weighted by atomic mass is 9.80. The molecule has 0 spiro atoms. The molecule has 0 radical (unpaired) electrons. The minimum atomic E-state index is -2.48. The summed E-state index contributed by atoms with van der Waals surface area (Å²) in [7, 11) is -1.06. The Balaban J connectivity index is 1.41. The molecule has 2 aromatic heterocycles. The SMILES string of the molecule is COc1ccc(C(OC[C@H]2O[C@@H](n3cnc4c(NC(=O)c5ccccc5)ncnc43)[C@H](OCO[Si](C(C)C)(C(C)C)C(C)C)[C@@H]2OP(OCCC#N)N(C(C)C)C(C)C)(c2ccccc2)c2ccc(OC)cc2)cc1. The highest BCUT2D eigenvalue weighted by Crippen LogP contribution is 2.52. The van der Waals surface area contributed by atoms with E-state index in [1.807, 2.05) is 72.8 Å². The van der Waals surface area contributed by atoms with Gasteiger partial charge in [0.05, 0.1) is 46.3 Å². The zero-order valence-corrected chi connectivity index (χ0v) is 47.3. The maximum absolute atomic E-state index is 13.5. The van der Waals surface area contributed by atoms with Crippen LogP contribution in [0.4, 0.5) is 5.82 Å². The average Bonchev–Trinajstić information content (AvgIpc) is 4.00. The molecular weight excluding hydrogens is 986 g/mol. The van der Waals surface area contributed by atoms with Crippen molar-refractivity contribution in [2.24, 2.45) is 0 Å². The van der Waals surface area contributed by atoms with Gasteiger partial charge in [0.25, 0.3) is 14.4 Å². The number of fused-ring (bicyclic) bond motifs is 1. The van der Waals surface area contributed by atoms with Crippen LogP contribution in [0.15, 0.2) is 122 Å². The number of methoxy groups -OCH3 is 2. The van der Waals surface area contributed by atoms with Crippen molar-refractivity contribution in [3.05, 3.63) is 144 Å². The molecule has 0 aliphatic carbocycles. The molecule has 400 valence electrons. The molecule has 0 saturated carbocycles. The number of hydrogen-bond acceptors (Lipinski definition) is 14. The lowest BCUT2D eigenvalue weighted by Crippen LogP contribution is -2.49. The minimum absolute atomic E-state index is 0.0156. The number of aromatic nitrogens is 4. The Kier molecular flexibility index (Phi) is 19.7. The Bertz CT molecular complexity index is 2700. The van der Waals surface area contributed by atoms with Gasteiger partial charge in [0, 0.05) is 17.6 Å². The van der Waals surface area contributed by atoms with Crippen LogP contribution < -0.4 is 14.8 Å². The Labute approximate surface area is 445 Å². The summed E-state index contributed by atoms with van der Waals surface area (Å²) in [6.45, 7) is 21.9. The van der Waals surface area contributed by atoms with Gasteiger partial charge in [-0.05, 0) is 97.4 Å². The predicted molar refractivity (Wildman–Crippen MR) is 294 cm³/mol. The van der Waals surface area contributed by atoms with Crippen LogP contribution in [0.5, 0.6) is 11.5 Å². The van der Waals surface area contributed by atoms with E-state index in [2.05, 4.69) is 102 Å². The summed E-state index contributed by atoms with van der Waals surface area (Å²) in [5, 5.41) is 12.7. The van der Waals surface area contributed by atoms with E-state index in [-0.39, 0.29) is 66.9 Å². The third kappa shape index (κ3) is 12.5. The van der Waals surface area contributed by atoms with Crippen LogP contribution in [0.1, 0.15) is 109 Å². The Morgan fingerprint density at radius 3 is 1.87 bits per heavy atom. The van der Waals surface area contributed by atoms with Crippen molar-refractivity contribution in [3.63, 3.8) is 0 Å². The van der Waals surface area contributed by atoms with E-state index in [0.717, 1.165) is 16.7 Å². The molecule has 16 nitrogen and oxygen atoms in total. The second kappa shape index (κ2) is 25.9. The number of hydrogen-bond donors (Lipinski definition) is 1. The van der Waals surface area contributed by atoms with E-state index in [9.17, 15) is 10.1 Å². The van der Waals surface area contributed by atoms with E-state index >= 15 is 0 Å². The van der Waals surface area contributed by atoms with Crippen LogP contribution in [0, 0.1) is 11.3 Å². The summed E-state index contributed by atoms with van der Waals surface area (Å²) in [6.07, 6.45) is -0.421. The lowest BCUT2D eigenvalue weighted by Gasteiger charge is -2.42. The Morgan fingerprint density at radius 1 is 0.773 bits per heavy atom. The topological polar surface area (TPSA) is 174 Å². The highest BCUT2D eigenvalue weighted by atomic mass is 31.2. The second-order valence-corrected chi connectivity index (χ2v) is 26.9. The molecule has 1 saturated heterocycles. The molecule has 4 aromatic carbocycles. The van der Waals surface area contributed by atoms with Crippen molar-refractivity contribution in [2.75, 3.05) is 39.5 Å². The number of rotatable bonds is 26. The Hall–Kier alpha value is -5.64. The molecule has 75 heavy (non-hydrogen) atoms. The third-order valence-corrected chi connectivity index (χ3v) is 22.1. The number of nitriles is 1. The maximum atomic E-state index is 13.5. The van der Waals surface area contributed by atoms with Crippen molar-refractivity contribution in [2.45, 2.75) is 135 Å². The van der Waals surface area contributed by atoms with Crippen LogP contribution in [0.2, 0.25) is 16.6 Å². The number of ether oxygens (including phenoxy) is 5. The van der Waals surface area contributed by atoms with Gasteiger partial charge in [0.15, 0.2) is 23.2 Å².